The lowest BCUT2D eigenvalue weighted by atomic mass is 10.0. The van der Waals surface area contributed by atoms with Crippen molar-refractivity contribution in [2.45, 2.75) is 32.4 Å². The number of nitrogens with two attached hydrogens (primary N) is 1. The molecule has 27 heavy (non-hydrogen) atoms. The number of likely N-dealkylation sites (N-methyl/N-ethyl adjacent to an activating group) is 1. The van der Waals surface area contributed by atoms with E-state index in [-0.39, 0.29) is 5.91 Å². The number of benzene rings is 1. The molecule has 0 saturated carbocycles. The summed E-state index contributed by atoms with van der Waals surface area (Å²) >= 11 is 7.28. The molecule has 0 spiro atoms. The van der Waals surface area contributed by atoms with Gasteiger partial charge in [0.15, 0.2) is 5.60 Å². The first-order valence-electron chi connectivity index (χ1n) is 8.56. The third-order valence-electron chi connectivity index (χ3n) is 4.45. The smallest absolute Gasteiger partial charge is 0.268 e. The fourth-order valence-corrected chi connectivity index (χ4v) is 4.43. The Balaban J connectivity index is 1.82. The van der Waals surface area contributed by atoms with Crippen LogP contribution >= 0.6 is 22.9 Å². The summed E-state index contributed by atoms with van der Waals surface area (Å²) in [5.41, 5.74) is 5.81. The van der Waals surface area contributed by atoms with Gasteiger partial charge in [-0.05, 0) is 57.1 Å². The number of halogens is 1. The van der Waals surface area contributed by atoms with Crippen molar-refractivity contribution in [2.24, 2.45) is 5.73 Å². The van der Waals surface area contributed by atoms with Crippen molar-refractivity contribution in [1.29, 1.82) is 0 Å². The minimum atomic E-state index is -1.15. The van der Waals surface area contributed by atoms with Crippen molar-refractivity contribution in [2.75, 3.05) is 18.9 Å². The van der Waals surface area contributed by atoms with Crippen molar-refractivity contribution in [3.8, 4) is 5.75 Å². The minimum absolute atomic E-state index is 0.355. The van der Waals surface area contributed by atoms with E-state index in [1.165, 1.54) is 11.3 Å². The quantitative estimate of drug-likeness (QED) is 0.796. The fraction of sp³-hybridized carbons (Fsp3) is 0.368. The van der Waals surface area contributed by atoms with Gasteiger partial charge >= 0.3 is 0 Å². The number of ether oxygens (including phenoxy) is 1. The highest BCUT2D eigenvalue weighted by Gasteiger charge is 2.33. The molecule has 1 aromatic heterocycles. The Labute approximate surface area is 167 Å². The summed E-state index contributed by atoms with van der Waals surface area (Å²) in [7, 11) is 2.02. The first-order chi connectivity index (χ1) is 12.7. The molecular weight excluding hydrogens is 386 g/mol. The number of hydrogen-bond donors (Lipinski definition) is 2. The summed E-state index contributed by atoms with van der Waals surface area (Å²) < 4.78 is 5.82. The molecule has 0 aliphatic carbocycles. The van der Waals surface area contributed by atoms with Gasteiger partial charge in [-0.25, -0.2) is 0 Å². The molecule has 3 N–H and O–H groups in total. The summed E-state index contributed by atoms with van der Waals surface area (Å²) in [6.45, 7) is 4.92. The van der Waals surface area contributed by atoms with Gasteiger partial charge in [0.1, 0.15) is 10.8 Å². The van der Waals surface area contributed by atoms with Crippen LogP contribution in [0, 0.1) is 0 Å². The summed E-state index contributed by atoms with van der Waals surface area (Å²) in [5, 5.41) is 3.92. The second-order valence-corrected chi connectivity index (χ2v) is 8.62. The molecule has 0 atom stereocenters. The molecule has 1 aromatic carbocycles. The van der Waals surface area contributed by atoms with Gasteiger partial charge in [-0.1, -0.05) is 11.6 Å². The molecule has 0 saturated heterocycles. The number of anilines is 1. The van der Waals surface area contributed by atoms with Crippen LogP contribution in [-0.4, -0.2) is 35.9 Å². The number of carbonyl (C=O) groups excluding carboxylic acids is 2. The summed E-state index contributed by atoms with van der Waals surface area (Å²) in [5.74, 6) is -0.350. The van der Waals surface area contributed by atoms with Crippen LogP contribution in [0.2, 0.25) is 5.02 Å². The molecule has 0 bridgehead atoms. The molecule has 0 unspecified atom stereocenters. The molecule has 3 rings (SSSR count). The average molecular weight is 408 g/mol. The van der Waals surface area contributed by atoms with Gasteiger partial charge in [-0.15, -0.1) is 11.3 Å². The monoisotopic (exact) mass is 407 g/mol. The van der Waals surface area contributed by atoms with Crippen LogP contribution < -0.4 is 15.8 Å². The number of carbonyl (C=O) groups is 2. The maximum absolute atomic E-state index is 12.8. The van der Waals surface area contributed by atoms with E-state index in [2.05, 4.69) is 10.2 Å². The first-order valence-corrected chi connectivity index (χ1v) is 9.76. The van der Waals surface area contributed by atoms with Crippen LogP contribution in [0.1, 0.15) is 34.6 Å². The first kappa shape index (κ1) is 19.7. The van der Waals surface area contributed by atoms with E-state index >= 15 is 0 Å². The predicted octanol–water partition coefficient (Wildman–Crippen LogP) is 3.28. The Morgan fingerprint density at radius 3 is 2.59 bits per heavy atom. The van der Waals surface area contributed by atoms with Crippen LogP contribution in [0.5, 0.6) is 5.75 Å². The maximum atomic E-state index is 12.8. The Bertz CT molecular complexity index is 877. The normalized spacial score (nSPS) is 14.5. The molecule has 0 radical (unpaired) electrons. The average Bonchev–Trinajstić information content (AvgIpc) is 2.93. The highest BCUT2D eigenvalue weighted by Crippen LogP contribution is 2.37. The lowest BCUT2D eigenvalue weighted by Gasteiger charge is -2.25. The molecule has 2 heterocycles. The van der Waals surface area contributed by atoms with Gasteiger partial charge in [0, 0.05) is 23.0 Å². The van der Waals surface area contributed by atoms with Crippen molar-refractivity contribution >= 4 is 39.8 Å². The lowest BCUT2D eigenvalue weighted by Crippen LogP contribution is -2.42. The summed E-state index contributed by atoms with van der Waals surface area (Å²) in [6, 6.07) is 6.79. The van der Waals surface area contributed by atoms with Crippen molar-refractivity contribution in [3.63, 3.8) is 0 Å². The van der Waals surface area contributed by atoms with Crippen molar-refractivity contribution < 1.29 is 14.3 Å². The molecule has 2 amide bonds. The van der Waals surface area contributed by atoms with Crippen molar-refractivity contribution in [1.82, 2.24) is 4.90 Å². The van der Waals surface area contributed by atoms with E-state index in [0.717, 1.165) is 30.0 Å². The van der Waals surface area contributed by atoms with E-state index in [1.807, 2.05) is 7.05 Å². The number of nitrogens with one attached hydrogen (secondary N) is 1. The van der Waals surface area contributed by atoms with Gasteiger partial charge in [-0.2, -0.15) is 0 Å². The summed E-state index contributed by atoms with van der Waals surface area (Å²) in [6.07, 6.45) is 0.737. The van der Waals surface area contributed by atoms with Gasteiger partial charge in [0.25, 0.3) is 11.8 Å². The summed E-state index contributed by atoms with van der Waals surface area (Å²) in [4.78, 5) is 28.1. The van der Waals surface area contributed by atoms with Crippen molar-refractivity contribution in [3.05, 3.63) is 45.3 Å². The second kappa shape index (κ2) is 7.50. The number of fused-ring (bicyclic) bond motifs is 1. The predicted molar refractivity (Wildman–Crippen MR) is 108 cm³/mol. The van der Waals surface area contributed by atoms with Crippen LogP contribution in [0.25, 0.3) is 0 Å². The van der Waals surface area contributed by atoms with E-state index < -0.39 is 11.5 Å². The molecule has 1 aliphatic heterocycles. The van der Waals surface area contributed by atoms with E-state index in [1.54, 1.807) is 38.1 Å². The Kier molecular flexibility index (Phi) is 5.46. The minimum Gasteiger partial charge on any atom is -0.478 e. The SMILES string of the molecule is CN1CCc2c(sc(NC(=O)C(C)(C)Oc3ccc(Cl)cc3)c2C(N)=O)C1. The largest absolute Gasteiger partial charge is 0.478 e. The highest BCUT2D eigenvalue weighted by atomic mass is 35.5. The lowest BCUT2D eigenvalue weighted by molar-refractivity contribution is -0.128. The van der Waals surface area contributed by atoms with Gasteiger partial charge < -0.3 is 20.7 Å². The van der Waals surface area contributed by atoms with Crippen LogP contribution in [-0.2, 0) is 17.8 Å². The zero-order valence-electron chi connectivity index (χ0n) is 15.5. The second-order valence-electron chi connectivity index (χ2n) is 7.08. The molecule has 0 fully saturated rings. The molecule has 144 valence electrons. The Hall–Kier alpha value is -2.09. The number of thiophene rings is 1. The molecular formula is C19H22ClN3O3S. The molecule has 8 heteroatoms. The third kappa shape index (κ3) is 4.26. The number of rotatable bonds is 5. The number of nitrogens with zero attached hydrogens (tertiary/aromatic N) is 1. The van der Waals surface area contributed by atoms with Crippen LogP contribution in [0.15, 0.2) is 24.3 Å². The zero-order chi connectivity index (χ0) is 19.8. The van der Waals surface area contributed by atoms with E-state index in [4.69, 9.17) is 22.1 Å². The van der Waals surface area contributed by atoms with Gasteiger partial charge in [0.05, 0.1) is 5.56 Å². The van der Waals surface area contributed by atoms with Gasteiger partial charge in [-0.3, -0.25) is 9.59 Å². The Morgan fingerprint density at radius 2 is 1.96 bits per heavy atom. The van der Waals surface area contributed by atoms with E-state index in [0.29, 0.717) is 21.3 Å². The Morgan fingerprint density at radius 1 is 1.30 bits per heavy atom. The number of amides is 2. The molecule has 1 aliphatic rings. The molecule has 6 nitrogen and oxygen atoms in total. The van der Waals surface area contributed by atoms with Gasteiger partial charge in [0.2, 0.25) is 0 Å². The fourth-order valence-electron chi connectivity index (χ4n) is 2.98. The maximum Gasteiger partial charge on any atom is 0.268 e. The topological polar surface area (TPSA) is 84.7 Å². The van der Waals surface area contributed by atoms with E-state index in [9.17, 15) is 9.59 Å². The highest BCUT2D eigenvalue weighted by molar-refractivity contribution is 7.17. The molecule has 2 aromatic rings. The van der Waals surface area contributed by atoms with Crippen LogP contribution in [0.3, 0.4) is 0 Å². The third-order valence-corrected chi connectivity index (χ3v) is 5.84. The van der Waals surface area contributed by atoms with Crippen LogP contribution in [0.4, 0.5) is 5.00 Å². The number of primary amides is 1. The number of hydrogen-bond acceptors (Lipinski definition) is 5. The zero-order valence-corrected chi connectivity index (χ0v) is 17.0. The standard InChI is InChI=1S/C19H22ClN3O3S/c1-19(2,26-12-6-4-11(20)5-7-12)18(25)22-17-15(16(21)24)13-8-9-23(3)10-14(13)27-17/h4-7H,8-10H2,1-3H3,(H2,21,24)(H,22,25).